The van der Waals surface area contributed by atoms with Gasteiger partial charge in [-0.3, -0.25) is 0 Å². The molecule has 0 aliphatic rings. The summed E-state index contributed by atoms with van der Waals surface area (Å²) in [6.45, 7) is 3.94. The largest absolute Gasteiger partial charge is 0.457 e. The van der Waals surface area contributed by atoms with E-state index in [0.29, 0.717) is 5.56 Å². The Morgan fingerprint density at radius 2 is 2.00 bits per heavy atom. The lowest BCUT2D eigenvalue weighted by Gasteiger charge is -2.11. The number of hydrogen-bond acceptors (Lipinski definition) is 4. The van der Waals surface area contributed by atoms with Crippen molar-refractivity contribution in [2.24, 2.45) is 0 Å². The number of nitrogens with zero attached hydrogens (tertiary/aromatic N) is 1. The van der Waals surface area contributed by atoms with E-state index < -0.39 is 11.8 Å². The third-order valence-electron chi connectivity index (χ3n) is 4.13. The third-order valence-corrected chi connectivity index (χ3v) is 4.46. The van der Waals surface area contributed by atoms with Gasteiger partial charge in [-0.1, -0.05) is 23.7 Å². The maximum atomic E-state index is 13.1. The fourth-order valence-corrected chi connectivity index (χ4v) is 2.74. The van der Waals surface area contributed by atoms with E-state index in [9.17, 15) is 9.18 Å². The van der Waals surface area contributed by atoms with Crippen LogP contribution in [-0.4, -0.2) is 11.0 Å². The van der Waals surface area contributed by atoms with E-state index in [0.717, 1.165) is 34.2 Å². The lowest BCUT2D eigenvalue weighted by Crippen LogP contribution is -2.09. The number of rotatable bonds is 3. The molecule has 1 heterocycles. The number of anilines is 1. The highest BCUT2D eigenvalue weighted by molar-refractivity contribution is 6.30. The van der Waals surface area contributed by atoms with Gasteiger partial charge in [0.05, 0.1) is 11.1 Å². The molecule has 2 N–H and O–H groups in total. The molecule has 0 fully saturated rings. The first-order valence-corrected chi connectivity index (χ1v) is 8.02. The highest BCUT2D eigenvalue weighted by Crippen LogP contribution is 2.26. The van der Waals surface area contributed by atoms with Crippen molar-refractivity contribution in [3.05, 3.63) is 69.6 Å². The molecule has 0 radical (unpaired) electrons. The summed E-state index contributed by atoms with van der Waals surface area (Å²) in [6, 6.07) is 9.32. The van der Waals surface area contributed by atoms with Crippen molar-refractivity contribution in [3.8, 4) is 0 Å². The van der Waals surface area contributed by atoms with E-state index in [2.05, 4.69) is 4.98 Å². The standard InChI is InChI=1S/C19H16ClFN2O2/c1-10-3-4-12-7-13(18(20)23-17(12)11(10)2)9-25-19(24)15-6-5-14(21)8-16(15)22/h3-8H,9,22H2,1-2H3. The van der Waals surface area contributed by atoms with E-state index in [1.54, 1.807) is 0 Å². The molecule has 0 saturated heterocycles. The number of fused-ring (bicyclic) bond motifs is 1. The molecule has 2 aromatic carbocycles. The van der Waals surface area contributed by atoms with E-state index >= 15 is 0 Å². The predicted molar refractivity (Wildman–Crippen MR) is 96.2 cm³/mol. The number of hydrogen-bond donors (Lipinski definition) is 1. The quantitative estimate of drug-likeness (QED) is 0.422. The van der Waals surface area contributed by atoms with Gasteiger partial charge in [0.15, 0.2) is 0 Å². The number of carbonyl (C=O) groups is 1. The van der Waals surface area contributed by atoms with Crippen molar-refractivity contribution in [3.63, 3.8) is 0 Å². The molecule has 25 heavy (non-hydrogen) atoms. The zero-order valence-corrected chi connectivity index (χ0v) is 14.5. The van der Waals surface area contributed by atoms with Gasteiger partial charge in [0.2, 0.25) is 0 Å². The Hall–Kier alpha value is -2.66. The summed E-state index contributed by atoms with van der Waals surface area (Å²) < 4.78 is 18.3. The monoisotopic (exact) mass is 358 g/mol. The van der Waals surface area contributed by atoms with Crippen LogP contribution in [0.5, 0.6) is 0 Å². The first-order valence-electron chi connectivity index (χ1n) is 7.64. The number of benzene rings is 2. The molecule has 3 aromatic rings. The van der Waals surface area contributed by atoms with Gasteiger partial charge in [-0.15, -0.1) is 0 Å². The Morgan fingerprint density at radius 3 is 2.72 bits per heavy atom. The lowest BCUT2D eigenvalue weighted by atomic mass is 10.0. The van der Waals surface area contributed by atoms with Crippen LogP contribution in [0.15, 0.2) is 36.4 Å². The first-order chi connectivity index (χ1) is 11.9. The van der Waals surface area contributed by atoms with Crippen molar-refractivity contribution in [2.45, 2.75) is 20.5 Å². The van der Waals surface area contributed by atoms with E-state index in [1.807, 2.05) is 32.0 Å². The summed E-state index contributed by atoms with van der Waals surface area (Å²) in [7, 11) is 0. The van der Waals surface area contributed by atoms with Crippen LogP contribution >= 0.6 is 11.6 Å². The van der Waals surface area contributed by atoms with Crippen LogP contribution in [0.4, 0.5) is 10.1 Å². The number of pyridine rings is 1. The van der Waals surface area contributed by atoms with Crippen LogP contribution in [0.2, 0.25) is 5.15 Å². The molecule has 0 bridgehead atoms. The summed E-state index contributed by atoms with van der Waals surface area (Å²) >= 11 is 6.23. The van der Waals surface area contributed by atoms with Crippen molar-refractivity contribution in [1.82, 2.24) is 4.98 Å². The van der Waals surface area contributed by atoms with Crippen molar-refractivity contribution in [2.75, 3.05) is 5.73 Å². The topological polar surface area (TPSA) is 65.2 Å². The van der Waals surface area contributed by atoms with Gasteiger partial charge in [-0.05, 0) is 49.2 Å². The number of esters is 1. The zero-order chi connectivity index (χ0) is 18.1. The Bertz CT molecular complexity index is 989. The number of halogens is 2. The normalized spacial score (nSPS) is 10.9. The summed E-state index contributed by atoms with van der Waals surface area (Å²) in [5, 5.41) is 1.20. The number of aromatic nitrogens is 1. The van der Waals surface area contributed by atoms with Gasteiger partial charge in [0, 0.05) is 16.6 Å². The number of nitrogen functional groups attached to an aromatic ring is 1. The number of ether oxygens (including phenoxy) is 1. The summed E-state index contributed by atoms with van der Waals surface area (Å²) in [5.41, 5.74) is 9.38. The molecular weight excluding hydrogens is 343 g/mol. The van der Waals surface area contributed by atoms with Crippen LogP contribution in [0.1, 0.15) is 27.0 Å². The van der Waals surface area contributed by atoms with E-state index in [1.165, 1.54) is 6.07 Å². The minimum absolute atomic E-state index is 0.0267. The van der Waals surface area contributed by atoms with Gasteiger partial charge in [0.25, 0.3) is 0 Å². The molecular formula is C19H16ClFN2O2. The molecule has 4 nitrogen and oxygen atoms in total. The van der Waals surface area contributed by atoms with Gasteiger partial charge in [0.1, 0.15) is 17.6 Å². The molecule has 0 amide bonds. The molecule has 0 unspecified atom stereocenters. The smallest absolute Gasteiger partial charge is 0.340 e. The summed E-state index contributed by atoms with van der Waals surface area (Å²) in [6.07, 6.45) is 0. The average Bonchev–Trinajstić information content (AvgIpc) is 2.57. The SMILES string of the molecule is Cc1ccc2cc(COC(=O)c3ccc(F)cc3N)c(Cl)nc2c1C. The molecule has 0 atom stereocenters. The molecule has 0 aliphatic carbocycles. The van der Waals surface area contributed by atoms with Crippen LogP contribution < -0.4 is 5.73 Å². The predicted octanol–water partition coefficient (Wildman–Crippen LogP) is 4.58. The van der Waals surface area contributed by atoms with E-state index in [4.69, 9.17) is 22.1 Å². The lowest BCUT2D eigenvalue weighted by molar-refractivity contribution is 0.0474. The number of carbonyl (C=O) groups excluding carboxylic acids is 1. The maximum absolute atomic E-state index is 13.1. The second-order valence-electron chi connectivity index (χ2n) is 5.83. The highest BCUT2D eigenvalue weighted by atomic mass is 35.5. The highest BCUT2D eigenvalue weighted by Gasteiger charge is 2.14. The maximum Gasteiger partial charge on any atom is 0.340 e. The van der Waals surface area contributed by atoms with Gasteiger partial charge < -0.3 is 10.5 Å². The molecule has 0 aliphatic heterocycles. The van der Waals surface area contributed by atoms with Gasteiger partial charge in [-0.2, -0.15) is 0 Å². The molecule has 128 valence electrons. The Kier molecular flexibility index (Phi) is 4.59. The molecule has 1 aromatic heterocycles. The van der Waals surface area contributed by atoms with Crippen molar-refractivity contribution in [1.29, 1.82) is 0 Å². The summed E-state index contributed by atoms with van der Waals surface area (Å²) in [5.74, 6) is -1.16. The zero-order valence-electron chi connectivity index (χ0n) is 13.8. The fraction of sp³-hybridized carbons (Fsp3) is 0.158. The van der Waals surface area contributed by atoms with Crippen molar-refractivity contribution >= 4 is 34.2 Å². The second-order valence-corrected chi connectivity index (χ2v) is 6.18. The Balaban J connectivity index is 1.84. The molecule has 0 spiro atoms. The summed E-state index contributed by atoms with van der Waals surface area (Å²) in [4.78, 5) is 16.6. The second kappa shape index (κ2) is 6.69. The number of aryl methyl sites for hydroxylation is 2. The Labute approximate surface area is 149 Å². The van der Waals surface area contributed by atoms with E-state index in [-0.39, 0.29) is 23.0 Å². The van der Waals surface area contributed by atoms with Gasteiger partial charge >= 0.3 is 5.97 Å². The molecule has 3 rings (SSSR count). The van der Waals surface area contributed by atoms with Crippen LogP contribution in [0.3, 0.4) is 0 Å². The Morgan fingerprint density at radius 1 is 1.24 bits per heavy atom. The molecule has 0 saturated carbocycles. The fourth-order valence-electron chi connectivity index (χ4n) is 2.55. The number of nitrogens with two attached hydrogens (primary N) is 1. The van der Waals surface area contributed by atoms with Crippen LogP contribution in [0, 0.1) is 19.7 Å². The van der Waals surface area contributed by atoms with Crippen LogP contribution in [-0.2, 0) is 11.3 Å². The minimum Gasteiger partial charge on any atom is -0.457 e. The third kappa shape index (κ3) is 3.42. The van der Waals surface area contributed by atoms with Gasteiger partial charge in [-0.25, -0.2) is 14.2 Å². The van der Waals surface area contributed by atoms with Crippen LogP contribution in [0.25, 0.3) is 10.9 Å². The molecule has 6 heteroatoms. The average molecular weight is 359 g/mol. The first kappa shape index (κ1) is 17.2. The minimum atomic E-state index is -0.645. The van der Waals surface area contributed by atoms with Crippen molar-refractivity contribution < 1.29 is 13.9 Å².